The van der Waals surface area contributed by atoms with Crippen LogP contribution in [0.4, 0.5) is 0 Å². The molecule has 2 rings (SSSR count). The second-order valence-electron chi connectivity index (χ2n) is 4.20. The molecule has 0 saturated carbocycles. The Balaban J connectivity index is 1.96. The number of benzene rings is 1. The Kier molecular flexibility index (Phi) is 4.18. The first-order chi connectivity index (χ1) is 8.24. The van der Waals surface area contributed by atoms with Gasteiger partial charge in [0.05, 0.1) is 0 Å². The van der Waals surface area contributed by atoms with Crippen molar-refractivity contribution >= 4 is 11.3 Å². The van der Waals surface area contributed by atoms with E-state index in [2.05, 4.69) is 23.6 Å². The summed E-state index contributed by atoms with van der Waals surface area (Å²) in [6.07, 6.45) is 0.885. The van der Waals surface area contributed by atoms with Gasteiger partial charge < -0.3 is 10.5 Å². The molecule has 0 radical (unpaired) electrons. The van der Waals surface area contributed by atoms with Crippen molar-refractivity contribution in [2.45, 2.75) is 26.0 Å². The van der Waals surface area contributed by atoms with Crippen LogP contribution in [0.3, 0.4) is 0 Å². The van der Waals surface area contributed by atoms with Gasteiger partial charge in [-0.3, -0.25) is 0 Å². The van der Waals surface area contributed by atoms with Crippen LogP contribution in [0.2, 0.25) is 0 Å². The van der Waals surface area contributed by atoms with Crippen molar-refractivity contribution in [3.63, 3.8) is 0 Å². The van der Waals surface area contributed by atoms with Gasteiger partial charge in [-0.1, -0.05) is 18.2 Å². The highest BCUT2D eigenvalue weighted by molar-refractivity contribution is 7.09. The van der Waals surface area contributed by atoms with Gasteiger partial charge in [-0.2, -0.15) is 0 Å². The van der Waals surface area contributed by atoms with Crippen LogP contribution in [0.1, 0.15) is 17.4 Å². The molecule has 2 nitrogen and oxygen atoms in total. The fourth-order valence-corrected chi connectivity index (χ4v) is 2.30. The lowest BCUT2D eigenvalue weighted by atomic mass is 10.1. The lowest BCUT2D eigenvalue weighted by Crippen LogP contribution is -2.17. The van der Waals surface area contributed by atoms with E-state index in [1.807, 2.05) is 25.1 Å². The van der Waals surface area contributed by atoms with Crippen molar-refractivity contribution in [3.8, 4) is 5.75 Å². The predicted molar refractivity (Wildman–Crippen MR) is 72.4 cm³/mol. The quantitative estimate of drug-likeness (QED) is 0.880. The summed E-state index contributed by atoms with van der Waals surface area (Å²) in [4.78, 5) is 1.24. The maximum Gasteiger partial charge on any atom is 0.122 e. The van der Waals surface area contributed by atoms with Gasteiger partial charge in [0.15, 0.2) is 0 Å². The Morgan fingerprint density at radius 1 is 1.29 bits per heavy atom. The van der Waals surface area contributed by atoms with Crippen LogP contribution < -0.4 is 10.5 Å². The number of hydrogen-bond acceptors (Lipinski definition) is 3. The second kappa shape index (κ2) is 5.84. The standard InChI is InChI=1S/C14H17NOS/c1-11(15)8-12-4-2-5-13(9-12)16-10-14-6-3-7-17-14/h2-7,9,11H,8,10,15H2,1H3. The molecular weight excluding hydrogens is 230 g/mol. The van der Waals surface area contributed by atoms with Gasteiger partial charge in [-0.15, -0.1) is 11.3 Å². The van der Waals surface area contributed by atoms with Crippen LogP contribution in [-0.4, -0.2) is 6.04 Å². The monoisotopic (exact) mass is 247 g/mol. The molecule has 0 amide bonds. The van der Waals surface area contributed by atoms with Crippen molar-refractivity contribution in [1.82, 2.24) is 0 Å². The molecule has 0 bridgehead atoms. The van der Waals surface area contributed by atoms with E-state index in [4.69, 9.17) is 10.5 Å². The molecule has 0 aliphatic rings. The third-order valence-electron chi connectivity index (χ3n) is 2.42. The van der Waals surface area contributed by atoms with Gasteiger partial charge in [-0.25, -0.2) is 0 Å². The Hall–Kier alpha value is -1.32. The van der Waals surface area contributed by atoms with E-state index in [0.29, 0.717) is 6.61 Å². The average molecular weight is 247 g/mol. The zero-order valence-electron chi connectivity index (χ0n) is 9.93. The molecule has 3 heteroatoms. The van der Waals surface area contributed by atoms with Crippen molar-refractivity contribution in [1.29, 1.82) is 0 Å². The maximum absolute atomic E-state index is 5.79. The number of rotatable bonds is 5. The summed E-state index contributed by atoms with van der Waals surface area (Å²) in [6, 6.07) is 12.5. The van der Waals surface area contributed by atoms with E-state index in [-0.39, 0.29) is 6.04 Å². The molecule has 0 fully saturated rings. The largest absolute Gasteiger partial charge is 0.488 e. The third-order valence-corrected chi connectivity index (χ3v) is 3.27. The van der Waals surface area contributed by atoms with E-state index in [0.717, 1.165) is 12.2 Å². The minimum Gasteiger partial charge on any atom is -0.488 e. The summed E-state index contributed by atoms with van der Waals surface area (Å²) in [5.74, 6) is 0.913. The Labute approximate surface area is 106 Å². The maximum atomic E-state index is 5.79. The highest BCUT2D eigenvalue weighted by atomic mass is 32.1. The number of thiophene rings is 1. The van der Waals surface area contributed by atoms with E-state index in [1.165, 1.54) is 10.4 Å². The summed E-state index contributed by atoms with van der Waals surface area (Å²) in [6.45, 7) is 2.65. The topological polar surface area (TPSA) is 35.2 Å². The van der Waals surface area contributed by atoms with Crippen LogP contribution in [0, 0.1) is 0 Å². The summed E-state index contributed by atoms with van der Waals surface area (Å²) >= 11 is 1.71. The summed E-state index contributed by atoms with van der Waals surface area (Å²) in [7, 11) is 0. The van der Waals surface area contributed by atoms with E-state index < -0.39 is 0 Å². The van der Waals surface area contributed by atoms with Gasteiger partial charge in [0, 0.05) is 10.9 Å². The predicted octanol–water partition coefficient (Wildman–Crippen LogP) is 3.22. The zero-order chi connectivity index (χ0) is 12.1. The van der Waals surface area contributed by atoms with Crippen LogP contribution >= 0.6 is 11.3 Å². The smallest absolute Gasteiger partial charge is 0.122 e. The lowest BCUT2D eigenvalue weighted by molar-refractivity contribution is 0.309. The van der Waals surface area contributed by atoms with Crippen LogP contribution in [0.5, 0.6) is 5.75 Å². The van der Waals surface area contributed by atoms with Gasteiger partial charge in [0.1, 0.15) is 12.4 Å². The third kappa shape index (κ3) is 3.88. The fourth-order valence-electron chi connectivity index (χ4n) is 1.68. The van der Waals surface area contributed by atoms with Gasteiger partial charge in [-0.05, 0) is 42.5 Å². The summed E-state index contributed by atoms with van der Waals surface area (Å²) in [5, 5.41) is 2.06. The normalized spacial score (nSPS) is 12.4. The van der Waals surface area contributed by atoms with Gasteiger partial charge in [0.25, 0.3) is 0 Å². The average Bonchev–Trinajstić information content (AvgIpc) is 2.79. The molecule has 1 aromatic carbocycles. The molecule has 0 saturated heterocycles. The summed E-state index contributed by atoms with van der Waals surface area (Å²) < 4.78 is 5.74. The van der Waals surface area contributed by atoms with Crippen molar-refractivity contribution < 1.29 is 4.74 Å². The molecule has 1 heterocycles. The first-order valence-electron chi connectivity index (χ1n) is 5.74. The van der Waals surface area contributed by atoms with Crippen molar-refractivity contribution in [3.05, 3.63) is 52.2 Å². The molecule has 90 valence electrons. The minimum atomic E-state index is 0.183. The highest BCUT2D eigenvalue weighted by Gasteiger charge is 2.01. The second-order valence-corrected chi connectivity index (χ2v) is 5.23. The molecule has 0 aliphatic heterocycles. The molecule has 1 atom stereocenters. The SMILES string of the molecule is CC(N)Cc1cccc(OCc2cccs2)c1. The highest BCUT2D eigenvalue weighted by Crippen LogP contribution is 2.17. The molecule has 1 unspecified atom stereocenters. The van der Waals surface area contributed by atoms with Crippen LogP contribution in [0.25, 0.3) is 0 Å². The molecule has 0 spiro atoms. The molecule has 2 aromatic rings. The Morgan fingerprint density at radius 3 is 2.88 bits per heavy atom. The first-order valence-corrected chi connectivity index (χ1v) is 6.62. The minimum absolute atomic E-state index is 0.183. The van der Waals surface area contributed by atoms with Crippen molar-refractivity contribution in [2.75, 3.05) is 0 Å². The number of hydrogen-bond donors (Lipinski definition) is 1. The molecule has 0 aliphatic carbocycles. The molecule has 1 aromatic heterocycles. The van der Waals surface area contributed by atoms with Crippen LogP contribution in [-0.2, 0) is 13.0 Å². The number of ether oxygens (including phenoxy) is 1. The van der Waals surface area contributed by atoms with E-state index >= 15 is 0 Å². The molecule has 17 heavy (non-hydrogen) atoms. The Bertz CT molecular complexity index is 451. The van der Waals surface area contributed by atoms with Gasteiger partial charge >= 0.3 is 0 Å². The van der Waals surface area contributed by atoms with E-state index in [9.17, 15) is 0 Å². The lowest BCUT2D eigenvalue weighted by Gasteiger charge is -2.08. The fraction of sp³-hybridized carbons (Fsp3) is 0.286. The summed E-state index contributed by atoms with van der Waals surface area (Å²) in [5.41, 5.74) is 7.01. The van der Waals surface area contributed by atoms with Crippen LogP contribution in [0.15, 0.2) is 41.8 Å². The molecular formula is C14H17NOS. The molecule has 2 N–H and O–H groups in total. The number of nitrogens with two attached hydrogens (primary N) is 1. The Morgan fingerprint density at radius 2 is 2.18 bits per heavy atom. The van der Waals surface area contributed by atoms with Crippen molar-refractivity contribution in [2.24, 2.45) is 5.73 Å². The van der Waals surface area contributed by atoms with E-state index in [1.54, 1.807) is 11.3 Å². The zero-order valence-corrected chi connectivity index (χ0v) is 10.7. The van der Waals surface area contributed by atoms with Gasteiger partial charge in [0.2, 0.25) is 0 Å². The first kappa shape index (κ1) is 12.1.